The molecule has 9 heteroatoms. The van der Waals surface area contributed by atoms with Crippen molar-refractivity contribution in [3.63, 3.8) is 0 Å². The lowest BCUT2D eigenvalue weighted by Crippen LogP contribution is -2.49. The highest BCUT2D eigenvalue weighted by Gasteiger charge is 2.26. The van der Waals surface area contributed by atoms with Gasteiger partial charge < -0.3 is 24.0 Å². The number of para-hydroxylation sites is 1. The SMILES string of the molecule is Cc1cc(NC(=O)CSc2cn(CC(=O)N3C[C@@H](C)O[C@@H](C)C3)c3ccccc23)no1. The molecule has 1 aliphatic rings. The van der Waals surface area contributed by atoms with E-state index in [1.54, 1.807) is 13.0 Å². The van der Waals surface area contributed by atoms with E-state index in [2.05, 4.69) is 10.5 Å². The average molecular weight is 443 g/mol. The molecule has 164 valence electrons. The fourth-order valence-electron chi connectivity index (χ4n) is 3.83. The smallest absolute Gasteiger partial charge is 0.242 e. The van der Waals surface area contributed by atoms with Gasteiger partial charge in [-0.1, -0.05) is 23.4 Å². The maximum absolute atomic E-state index is 12.9. The van der Waals surface area contributed by atoms with Crippen molar-refractivity contribution < 1.29 is 18.8 Å². The van der Waals surface area contributed by atoms with Gasteiger partial charge in [0.15, 0.2) is 5.82 Å². The Hall–Kier alpha value is -2.78. The summed E-state index contributed by atoms with van der Waals surface area (Å²) in [6, 6.07) is 9.59. The lowest BCUT2D eigenvalue weighted by atomic mass is 10.2. The summed E-state index contributed by atoms with van der Waals surface area (Å²) in [5.74, 6) is 1.18. The van der Waals surface area contributed by atoms with Crippen molar-refractivity contribution in [3.8, 4) is 0 Å². The maximum atomic E-state index is 12.9. The van der Waals surface area contributed by atoms with Gasteiger partial charge in [-0.05, 0) is 26.8 Å². The van der Waals surface area contributed by atoms with Crippen LogP contribution in [0.15, 0.2) is 45.9 Å². The number of fused-ring (bicyclic) bond motifs is 1. The summed E-state index contributed by atoms with van der Waals surface area (Å²) in [5, 5.41) is 7.53. The molecule has 1 saturated heterocycles. The van der Waals surface area contributed by atoms with Crippen LogP contribution in [-0.2, 0) is 20.9 Å². The molecule has 0 aliphatic carbocycles. The molecule has 8 nitrogen and oxygen atoms in total. The average Bonchev–Trinajstić information content (AvgIpc) is 3.29. The maximum Gasteiger partial charge on any atom is 0.242 e. The second kappa shape index (κ2) is 9.15. The molecule has 0 bridgehead atoms. The van der Waals surface area contributed by atoms with Crippen molar-refractivity contribution in [2.24, 2.45) is 0 Å². The van der Waals surface area contributed by atoms with Gasteiger partial charge in [0.2, 0.25) is 11.8 Å². The molecule has 2 amide bonds. The summed E-state index contributed by atoms with van der Waals surface area (Å²) in [6.45, 7) is 7.20. The predicted octanol–water partition coefficient (Wildman–Crippen LogP) is 3.30. The molecular weight excluding hydrogens is 416 g/mol. The minimum atomic E-state index is -0.164. The van der Waals surface area contributed by atoms with E-state index >= 15 is 0 Å². The van der Waals surface area contributed by atoms with Gasteiger partial charge in [-0.15, -0.1) is 11.8 Å². The Bertz CT molecular complexity index is 1080. The molecule has 3 aromatic rings. The number of nitrogens with zero attached hydrogens (tertiary/aromatic N) is 3. The monoisotopic (exact) mass is 442 g/mol. The van der Waals surface area contributed by atoms with E-state index in [0.29, 0.717) is 24.7 Å². The van der Waals surface area contributed by atoms with E-state index in [4.69, 9.17) is 9.26 Å². The van der Waals surface area contributed by atoms with Gasteiger partial charge in [0.25, 0.3) is 0 Å². The lowest BCUT2D eigenvalue weighted by molar-refractivity contribution is -0.143. The van der Waals surface area contributed by atoms with Crippen molar-refractivity contribution in [2.75, 3.05) is 24.2 Å². The summed E-state index contributed by atoms with van der Waals surface area (Å²) in [7, 11) is 0. The fraction of sp³-hybridized carbons (Fsp3) is 0.409. The van der Waals surface area contributed by atoms with Gasteiger partial charge in [0, 0.05) is 41.2 Å². The molecule has 1 aliphatic heterocycles. The van der Waals surface area contributed by atoms with E-state index in [1.165, 1.54) is 11.8 Å². The van der Waals surface area contributed by atoms with E-state index in [9.17, 15) is 9.59 Å². The first-order valence-corrected chi connectivity index (χ1v) is 11.2. The summed E-state index contributed by atoms with van der Waals surface area (Å²) >= 11 is 1.43. The third-order valence-electron chi connectivity index (χ3n) is 5.08. The van der Waals surface area contributed by atoms with Crippen LogP contribution in [0, 0.1) is 6.92 Å². The van der Waals surface area contributed by atoms with Gasteiger partial charge >= 0.3 is 0 Å². The van der Waals surface area contributed by atoms with Gasteiger partial charge in [-0.3, -0.25) is 9.59 Å². The van der Waals surface area contributed by atoms with Gasteiger partial charge in [-0.25, -0.2) is 0 Å². The number of ether oxygens (including phenoxy) is 1. The zero-order chi connectivity index (χ0) is 22.0. The molecule has 0 radical (unpaired) electrons. The number of carbonyl (C=O) groups excluding carboxylic acids is 2. The third-order valence-corrected chi connectivity index (χ3v) is 6.13. The Labute approximate surface area is 184 Å². The lowest BCUT2D eigenvalue weighted by Gasteiger charge is -2.35. The molecule has 3 heterocycles. The van der Waals surface area contributed by atoms with Crippen molar-refractivity contribution in [3.05, 3.63) is 42.3 Å². The highest BCUT2D eigenvalue weighted by molar-refractivity contribution is 8.00. The minimum Gasteiger partial charge on any atom is -0.372 e. The molecule has 0 unspecified atom stereocenters. The summed E-state index contributed by atoms with van der Waals surface area (Å²) in [4.78, 5) is 28.1. The second-order valence-electron chi connectivity index (χ2n) is 7.85. The Balaban J connectivity index is 1.45. The number of aryl methyl sites for hydroxylation is 1. The van der Waals surface area contributed by atoms with Crippen molar-refractivity contribution in [1.82, 2.24) is 14.6 Å². The molecule has 4 rings (SSSR count). The predicted molar refractivity (Wildman–Crippen MR) is 119 cm³/mol. The highest BCUT2D eigenvalue weighted by atomic mass is 32.2. The molecule has 0 saturated carbocycles. The van der Waals surface area contributed by atoms with Crippen LogP contribution in [0.5, 0.6) is 0 Å². The van der Waals surface area contributed by atoms with E-state index < -0.39 is 0 Å². The number of hydrogen-bond donors (Lipinski definition) is 1. The fourth-order valence-corrected chi connectivity index (χ4v) is 4.72. The standard InChI is InChI=1S/C22H26N4O4S/c1-14-8-20(24-30-14)23-21(27)13-31-19-11-25(18-7-5-4-6-17(18)19)12-22(28)26-9-15(2)29-16(3)10-26/h4-8,11,15-16H,9-10,12-13H2,1-3H3,(H,23,24,27)/t15-,16+. The van der Waals surface area contributed by atoms with E-state index in [1.807, 2.05) is 53.8 Å². The number of nitrogens with one attached hydrogen (secondary N) is 1. The van der Waals surface area contributed by atoms with Gasteiger partial charge in [0.05, 0.1) is 18.0 Å². The highest BCUT2D eigenvalue weighted by Crippen LogP contribution is 2.30. The number of thioether (sulfide) groups is 1. The van der Waals surface area contributed by atoms with Crippen LogP contribution in [-0.4, -0.2) is 57.5 Å². The number of amides is 2. The van der Waals surface area contributed by atoms with Gasteiger partial charge in [-0.2, -0.15) is 0 Å². The number of benzene rings is 1. The quantitative estimate of drug-likeness (QED) is 0.589. The normalized spacial score (nSPS) is 19.0. The number of rotatable bonds is 6. The molecule has 0 spiro atoms. The zero-order valence-corrected chi connectivity index (χ0v) is 18.6. The van der Waals surface area contributed by atoms with Crippen LogP contribution in [0.1, 0.15) is 19.6 Å². The second-order valence-corrected chi connectivity index (χ2v) is 8.87. The van der Waals surface area contributed by atoms with Crippen LogP contribution in [0.25, 0.3) is 10.9 Å². The first-order valence-electron chi connectivity index (χ1n) is 10.3. The largest absolute Gasteiger partial charge is 0.372 e. The van der Waals surface area contributed by atoms with E-state index in [-0.39, 0.29) is 36.3 Å². The number of anilines is 1. The number of hydrogen-bond acceptors (Lipinski definition) is 6. The summed E-state index contributed by atoms with van der Waals surface area (Å²) in [5.41, 5.74) is 0.972. The van der Waals surface area contributed by atoms with Crippen LogP contribution >= 0.6 is 11.8 Å². The Morgan fingerprint density at radius 2 is 1.97 bits per heavy atom. The Morgan fingerprint density at radius 3 is 2.68 bits per heavy atom. The third kappa shape index (κ3) is 5.11. The van der Waals surface area contributed by atoms with Gasteiger partial charge in [0.1, 0.15) is 12.3 Å². The molecule has 2 aromatic heterocycles. The molecule has 2 atom stereocenters. The minimum absolute atomic E-state index is 0.0345. The van der Waals surface area contributed by atoms with Crippen LogP contribution in [0.4, 0.5) is 5.82 Å². The Kier molecular flexibility index (Phi) is 6.33. The Morgan fingerprint density at radius 1 is 1.23 bits per heavy atom. The topological polar surface area (TPSA) is 89.6 Å². The molecule has 1 N–H and O–H groups in total. The van der Waals surface area contributed by atoms with Crippen LogP contribution < -0.4 is 5.32 Å². The first-order chi connectivity index (χ1) is 14.9. The zero-order valence-electron chi connectivity index (χ0n) is 17.8. The van der Waals surface area contributed by atoms with Crippen molar-refractivity contribution in [1.29, 1.82) is 0 Å². The van der Waals surface area contributed by atoms with E-state index in [0.717, 1.165) is 15.8 Å². The molecule has 1 fully saturated rings. The molecular formula is C22H26N4O4S. The summed E-state index contributed by atoms with van der Waals surface area (Å²) < 4.78 is 12.7. The van der Waals surface area contributed by atoms with Crippen LogP contribution in [0.2, 0.25) is 0 Å². The van der Waals surface area contributed by atoms with Crippen molar-refractivity contribution in [2.45, 2.75) is 44.4 Å². The molecule has 1 aromatic carbocycles. The number of aromatic nitrogens is 2. The van der Waals surface area contributed by atoms with Crippen molar-refractivity contribution >= 4 is 40.3 Å². The number of morpholine rings is 1. The molecule has 31 heavy (non-hydrogen) atoms. The number of carbonyl (C=O) groups is 2. The first kappa shape index (κ1) is 21.5. The van der Waals surface area contributed by atoms with Crippen LogP contribution in [0.3, 0.4) is 0 Å². The summed E-state index contributed by atoms with van der Waals surface area (Å²) in [6.07, 6.45) is 2.02.